The van der Waals surface area contributed by atoms with E-state index in [2.05, 4.69) is 27.1 Å². The standard InChI is InChI=1S/C20H17N3O2S2/c1-25-15-7-8-18-19(12-15)23-20(22-18)27(24)13-14-11-17(9-10-21-14)26-16-5-3-2-4-6-16/h2-12H,13H2,1H3,(H,22,23). The number of ether oxygens (including phenoxy) is 1. The van der Waals surface area contributed by atoms with Crippen LogP contribution >= 0.6 is 11.8 Å². The number of nitrogens with zero attached hydrogens (tertiary/aromatic N) is 2. The first-order chi connectivity index (χ1) is 13.2. The van der Waals surface area contributed by atoms with E-state index >= 15 is 0 Å². The average Bonchev–Trinajstić information content (AvgIpc) is 3.12. The SMILES string of the molecule is COc1ccc2nc(S(=O)Cc3cc(Sc4ccccc4)ccn3)[nH]c2c1. The number of rotatable bonds is 6. The predicted octanol–water partition coefficient (Wildman–Crippen LogP) is 4.43. The molecule has 1 atom stereocenters. The van der Waals surface area contributed by atoms with Gasteiger partial charge in [0.15, 0.2) is 5.16 Å². The number of pyridine rings is 1. The minimum Gasteiger partial charge on any atom is -0.497 e. The van der Waals surface area contributed by atoms with Gasteiger partial charge in [0.05, 0.1) is 40.4 Å². The first kappa shape index (κ1) is 17.8. The van der Waals surface area contributed by atoms with E-state index in [1.54, 1.807) is 25.1 Å². The monoisotopic (exact) mass is 395 g/mol. The molecule has 0 aliphatic carbocycles. The minimum absolute atomic E-state index is 0.306. The molecule has 4 rings (SSSR count). The van der Waals surface area contributed by atoms with E-state index < -0.39 is 10.8 Å². The van der Waals surface area contributed by atoms with Crippen molar-refractivity contribution in [2.24, 2.45) is 0 Å². The first-order valence-corrected chi connectivity index (χ1v) is 10.4. The third-order valence-corrected chi connectivity index (χ3v) is 6.11. The fraction of sp³-hybridized carbons (Fsp3) is 0.100. The fourth-order valence-corrected chi connectivity index (χ4v) is 4.50. The van der Waals surface area contributed by atoms with Gasteiger partial charge >= 0.3 is 0 Å². The third kappa shape index (κ3) is 4.20. The second-order valence-corrected chi connectivity index (χ2v) is 8.33. The number of aromatic amines is 1. The molecule has 0 radical (unpaired) electrons. The molecule has 0 aliphatic rings. The van der Waals surface area contributed by atoms with Crippen molar-refractivity contribution in [3.8, 4) is 5.75 Å². The summed E-state index contributed by atoms with van der Waals surface area (Å²) in [4.78, 5) is 14.1. The average molecular weight is 396 g/mol. The molecule has 2 heterocycles. The van der Waals surface area contributed by atoms with E-state index in [4.69, 9.17) is 4.74 Å². The molecule has 0 aliphatic heterocycles. The van der Waals surface area contributed by atoms with Gasteiger partial charge in [-0.1, -0.05) is 30.0 Å². The summed E-state index contributed by atoms with van der Waals surface area (Å²) >= 11 is 1.66. The largest absolute Gasteiger partial charge is 0.497 e. The molecule has 0 spiro atoms. The minimum atomic E-state index is -1.31. The molecule has 7 heteroatoms. The summed E-state index contributed by atoms with van der Waals surface area (Å²) in [5, 5.41) is 0.446. The van der Waals surface area contributed by atoms with E-state index in [9.17, 15) is 4.21 Å². The molecule has 0 bridgehead atoms. The highest BCUT2D eigenvalue weighted by molar-refractivity contribution is 7.99. The van der Waals surface area contributed by atoms with Crippen LogP contribution in [0, 0.1) is 0 Å². The van der Waals surface area contributed by atoms with E-state index in [1.807, 2.05) is 48.5 Å². The molecule has 0 saturated carbocycles. The molecule has 5 nitrogen and oxygen atoms in total. The van der Waals surface area contributed by atoms with Crippen molar-refractivity contribution in [2.75, 3.05) is 7.11 Å². The highest BCUT2D eigenvalue weighted by Crippen LogP contribution is 2.28. The Kier molecular flexibility index (Phi) is 5.22. The van der Waals surface area contributed by atoms with Crippen LogP contribution in [0.3, 0.4) is 0 Å². The molecule has 136 valence electrons. The summed E-state index contributed by atoms with van der Waals surface area (Å²) in [7, 11) is 0.304. The van der Waals surface area contributed by atoms with Gasteiger partial charge in [-0.3, -0.25) is 9.19 Å². The Morgan fingerprint density at radius 3 is 2.74 bits per heavy atom. The van der Waals surface area contributed by atoms with E-state index in [0.29, 0.717) is 10.9 Å². The van der Waals surface area contributed by atoms with Crippen molar-refractivity contribution in [3.63, 3.8) is 0 Å². The Morgan fingerprint density at radius 2 is 1.93 bits per heavy atom. The van der Waals surface area contributed by atoms with Crippen LogP contribution in [-0.2, 0) is 16.6 Å². The van der Waals surface area contributed by atoms with E-state index in [1.165, 1.54) is 0 Å². The Bertz CT molecular complexity index is 1100. The van der Waals surface area contributed by atoms with Gasteiger partial charge in [0.25, 0.3) is 0 Å². The van der Waals surface area contributed by atoms with Crippen LogP contribution in [0.5, 0.6) is 5.75 Å². The van der Waals surface area contributed by atoms with Gasteiger partial charge in [-0.25, -0.2) is 4.98 Å². The number of hydrogen-bond donors (Lipinski definition) is 1. The van der Waals surface area contributed by atoms with Crippen molar-refractivity contribution in [1.29, 1.82) is 0 Å². The lowest BCUT2D eigenvalue weighted by molar-refractivity contribution is 0.415. The number of imidazole rings is 1. The lowest BCUT2D eigenvalue weighted by Crippen LogP contribution is -2.00. The van der Waals surface area contributed by atoms with Crippen LogP contribution in [0.2, 0.25) is 0 Å². The number of fused-ring (bicyclic) bond motifs is 1. The second kappa shape index (κ2) is 7.94. The second-order valence-electron chi connectivity index (χ2n) is 5.81. The first-order valence-electron chi connectivity index (χ1n) is 8.31. The Labute approximate surface area is 163 Å². The summed E-state index contributed by atoms with van der Waals surface area (Å²) in [5.74, 6) is 1.04. The lowest BCUT2D eigenvalue weighted by atomic mass is 10.3. The highest BCUT2D eigenvalue weighted by atomic mass is 32.2. The Morgan fingerprint density at radius 1 is 1.07 bits per heavy atom. The quantitative estimate of drug-likeness (QED) is 0.523. The predicted molar refractivity (Wildman–Crippen MR) is 108 cm³/mol. The number of aromatic nitrogens is 3. The third-order valence-electron chi connectivity index (χ3n) is 3.93. The fourth-order valence-electron chi connectivity index (χ4n) is 2.63. The zero-order chi connectivity index (χ0) is 18.6. The van der Waals surface area contributed by atoms with Crippen LogP contribution in [0.15, 0.2) is 81.8 Å². The van der Waals surface area contributed by atoms with Crippen molar-refractivity contribution in [3.05, 3.63) is 72.6 Å². The van der Waals surface area contributed by atoms with Crippen LogP contribution in [0.25, 0.3) is 11.0 Å². The summed E-state index contributed by atoms with van der Waals surface area (Å²) < 4.78 is 18.0. The lowest BCUT2D eigenvalue weighted by Gasteiger charge is -2.04. The van der Waals surface area contributed by atoms with Gasteiger partial charge < -0.3 is 9.72 Å². The molecule has 2 aromatic heterocycles. The number of methoxy groups -OCH3 is 1. The summed E-state index contributed by atoms with van der Waals surface area (Å²) in [5.41, 5.74) is 2.34. The maximum absolute atomic E-state index is 12.7. The number of hydrogen-bond acceptors (Lipinski definition) is 5. The number of H-pyrrole nitrogens is 1. The van der Waals surface area contributed by atoms with Gasteiger partial charge in [0, 0.05) is 22.1 Å². The molecule has 27 heavy (non-hydrogen) atoms. The zero-order valence-corrected chi connectivity index (χ0v) is 16.2. The zero-order valence-electron chi connectivity index (χ0n) is 14.6. The molecule has 1 N–H and O–H groups in total. The summed E-state index contributed by atoms with van der Waals surface area (Å²) in [6.07, 6.45) is 1.75. The highest BCUT2D eigenvalue weighted by Gasteiger charge is 2.12. The Hall–Kier alpha value is -2.64. The van der Waals surface area contributed by atoms with Crippen LogP contribution < -0.4 is 4.74 Å². The van der Waals surface area contributed by atoms with E-state index in [0.717, 1.165) is 32.3 Å². The van der Waals surface area contributed by atoms with Crippen molar-refractivity contribution in [1.82, 2.24) is 15.0 Å². The molecule has 1 unspecified atom stereocenters. The van der Waals surface area contributed by atoms with E-state index in [-0.39, 0.29) is 0 Å². The van der Waals surface area contributed by atoms with Crippen molar-refractivity contribution >= 4 is 33.6 Å². The topological polar surface area (TPSA) is 67.9 Å². The normalized spacial score (nSPS) is 12.2. The van der Waals surface area contributed by atoms with Crippen LogP contribution in [0.4, 0.5) is 0 Å². The molecular weight excluding hydrogens is 378 g/mol. The summed E-state index contributed by atoms with van der Waals surface area (Å²) in [6.45, 7) is 0. The summed E-state index contributed by atoms with van der Waals surface area (Å²) in [6, 6.07) is 19.6. The van der Waals surface area contributed by atoms with Gasteiger partial charge in [-0.15, -0.1) is 0 Å². The maximum atomic E-state index is 12.7. The molecule has 0 amide bonds. The molecule has 4 aromatic rings. The van der Waals surface area contributed by atoms with Crippen LogP contribution in [-0.4, -0.2) is 26.3 Å². The van der Waals surface area contributed by atoms with Crippen molar-refractivity contribution < 1.29 is 8.95 Å². The maximum Gasteiger partial charge on any atom is 0.197 e. The molecule has 2 aromatic carbocycles. The van der Waals surface area contributed by atoms with Gasteiger partial charge in [-0.05, 0) is 36.4 Å². The molecule has 0 fully saturated rings. The number of benzene rings is 2. The Balaban J connectivity index is 1.52. The van der Waals surface area contributed by atoms with Gasteiger partial charge in [0.1, 0.15) is 5.75 Å². The number of nitrogens with one attached hydrogen (secondary N) is 1. The van der Waals surface area contributed by atoms with Crippen molar-refractivity contribution in [2.45, 2.75) is 20.7 Å². The van der Waals surface area contributed by atoms with Gasteiger partial charge in [-0.2, -0.15) is 0 Å². The smallest absolute Gasteiger partial charge is 0.197 e. The molecule has 0 saturated heterocycles. The van der Waals surface area contributed by atoms with Gasteiger partial charge in [0.2, 0.25) is 0 Å². The van der Waals surface area contributed by atoms with Crippen LogP contribution in [0.1, 0.15) is 5.69 Å². The molecular formula is C20H17N3O2S2.